The number of rotatable bonds is 8. The van der Waals surface area contributed by atoms with Crippen molar-refractivity contribution >= 4 is 28.0 Å². The molecule has 0 N–H and O–H groups in total. The van der Waals surface area contributed by atoms with Gasteiger partial charge in [0.2, 0.25) is 5.88 Å². The van der Waals surface area contributed by atoms with Crippen molar-refractivity contribution in [1.29, 1.82) is 0 Å². The Hall–Kier alpha value is -1.88. The van der Waals surface area contributed by atoms with Gasteiger partial charge in [0.15, 0.2) is 0 Å². The number of pyridine rings is 1. The van der Waals surface area contributed by atoms with E-state index in [4.69, 9.17) is 4.74 Å². The maximum absolute atomic E-state index is 5.92. The first-order valence-corrected chi connectivity index (χ1v) is 9.45. The zero-order valence-electron chi connectivity index (χ0n) is 15.4. The second-order valence-corrected chi connectivity index (χ2v) is 6.91. The van der Waals surface area contributed by atoms with Crippen LogP contribution in [0.4, 0.5) is 5.69 Å². The summed E-state index contributed by atoms with van der Waals surface area (Å²) in [6.07, 6.45) is 4.05. The van der Waals surface area contributed by atoms with E-state index in [-0.39, 0.29) is 0 Å². The first-order chi connectivity index (χ1) is 12.0. The number of nitrogens with zero attached hydrogens (tertiary/aromatic N) is 3. The molecule has 1 aromatic heterocycles. The van der Waals surface area contributed by atoms with Crippen LogP contribution in [0.1, 0.15) is 37.1 Å². The Balaban J connectivity index is 2.09. The van der Waals surface area contributed by atoms with Crippen LogP contribution in [0.25, 0.3) is 0 Å². The minimum Gasteiger partial charge on any atom is -0.472 e. The standard InChI is InChI=1S/C20H26BrN3O/c1-5-8-16-9-7-10-17(11-16)13-25-20-18(21)12-19(15(3)23-20)22-14-24(4)6-2/h7,9-12,14H,5-6,8,13H2,1-4H3/b22-14+. The van der Waals surface area contributed by atoms with E-state index in [1.165, 1.54) is 5.56 Å². The molecule has 0 saturated carbocycles. The fourth-order valence-electron chi connectivity index (χ4n) is 2.34. The highest BCUT2D eigenvalue weighted by Gasteiger charge is 2.09. The molecule has 1 heterocycles. The summed E-state index contributed by atoms with van der Waals surface area (Å²) in [4.78, 5) is 11.0. The summed E-state index contributed by atoms with van der Waals surface area (Å²) >= 11 is 3.54. The van der Waals surface area contributed by atoms with E-state index in [1.54, 1.807) is 0 Å². The summed E-state index contributed by atoms with van der Waals surface area (Å²) in [6, 6.07) is 10.5. The Morgan fingerprint density at radius 3 is 2.72 bits per heavy atom. The van der Waals surface area contributed by atoms with E-state index >= 15 is 0 Å². The molecule has 5 heteroatoms. The van der Waals surface area contributed by atoms with E-state index in [2.05, 4.69) is 64.0 Å². The van der Waals surface area contributed by atoms with Crippen LogP contribution in [-0.4, -0.2) is 29.8 Å². The van der Waals surface area contributed by atoms with Crippen molar-refractivity contribution in [3.63, 3.8) is 0 Å². The van der Waals surface area contributed by atoms with Gasteiger partial charge in [-0.3, -0.25) is 0 Å². The van der Waals surface area contributed by atoms with E-state index in [9.17, 15) is 0 Å². The zero-order chi connectivity index (χ0) is 18.2. The molecule has 0 saturated heterocycles. The lowest BCUT2D eigenvalue weighted by Gasteiger charge is -2.12. The van der Waals surface area contributed by atoms with Crippen molar-refractivity contribution in [2.45, 2.75) is 40.2 Å². The van der Waals surface area contributed by atoms with Gasteiger partial charge in [-0.2, -0.15) is 0 Å². The van der Waals surface area contributed by atoms with Gasteiger partial charge >= 0.3 is 0 Å². The van der Waals surface area contributed by atoms with Crippen LogP contribution in [0.5, 0.6) is 5.88 Å². The van der Waals surface area contributed by atoms with Crippen LogP contribution in [0.2, 0.25) is 0 Å². The van der Waals surface area contributed by atoms with Crippen LogP contribution < -0.4 is 4.74 Å². The Morgan fingerprint density at radius 2 is 2.00 bits per heavy atom. The molecule has 25 heavy (non-hydrogen) atoms. The molecule has 2 rings (SSSR count). The summed E-state index contributed by atoms with van der Waals surface area (Å²) < 4.78 is 6.73. The highest BCUT2D eigenvalue weighted by atomic mass is 79.9. The monoisotopic (exact) mass is 403 g/mol. The van der Waals surface area contributed by atoms with Gasteiger partial charge in [0.05, 0.1) is 22.2 Å². The largest absolute Gasteiger partial charge is 0.472 e. The third-order valence-electron chi connectivity index (χ3n) is 3.91. The number of aryl methyl sites for hydroxylation is 2. The molecule has 134 valence electrons. The molecule has 0 unspecified atom stereocenters. The van der Waals surface area contributed by atoms with Crippen molar-refractivity contribution in [1.82, 2.24) is 9.88 Å². The van der Waals surface area contributed by atoms with Gasteiger partial charge < -0.3 is 9.64 Å². The number of ether oxygens (including phenoxy) is 1. The summed E-state index contributed by atoms with van der Waals surface area (Å²) in [5.41, 5.74) is 4.18. The summed E-state index contributed by atoms with van der Waals surface area (Å²) in [6.45, 7) is 7.63. The lowest BCUT2D eigenvalue weighted by atomic mass is 10.1. The third kappa shape index (κ3) is 5.85. The maximum Gasteiger partial charge on any atom is 0.228 e. The zero-order valence-corrected chi connectivity index (χ0v) is 17.0. The van der Waals surface area contributed by atoms with Gasteiger partial charge in [-0.25, -0.2) is 9.98 Å². The highest BCUT2D eigenvalue weighted by molar-refractivity contribution is 9.10. The second kappa shape index (κ2) is 9.56. The van der Waals surface area contributed by atoms with Crippen molar-refractivity contribution < 1.29 is 4.74 Å². The predicted octanol–water partition coefficient (Wildman–Crippen LogP) is 5.30. The lowest BCUT2D eigenvalue weighted by Crippen LogP contribution is -2.14. The summed E-state index contributed by atoms with van der Waals surface area (Å²) in [5, 5.41) is 0. The molecule has 0 bridgehead atoms. The fraction of sp³-hybridized carbons (Fsp3) is 0.400. The number of hydrogen-bond donors (Lipinski definition) is 0. The third-order valence-corrected chi connectivity index (χ3v) is 4.47. The quantitative estimate of drug-likeness (QED) is 0.443. The minimum absolute atomic E-state index is 0.504. The predicted molar refractivity (Wildman–Crippen MR) is 108 cm³/mol. The van der Waals surface area contributed by atoms with Gasteiger partial charge in [-0.15, -0.1) is 0 Å². The van der Waals surface area contributed by atoms with Crippen molar-refractivity contribution in [3.8, 4) is 5.88 Å². The molecule has 0 fully saturated rings. The van der Waals surface area contributed by atoms with E-state index in [0.717, 1.165) is 40.8 Å². The molecule has 0 aliphatic rings. The molecule has 2 aromatic rings. The number of aromatic nitrogens is 1. The summed E-state index contributed by atoms with van der Waals surface area (Å²) in [7, 11) is 1.99. The first kappa shape index (κ1) is 19.4. The van der Waals surface area contributed by atoms with Crippen LogP contribution in [0.3, 0.4) is 0 Å². The average Bonchev–Trinajstić information content (AvgIpc) is 2.61. The number of aliphatic imine (C=N–C) groups is 1. The van der Waals surface area contributed by atoms with Crippen molar-refractivity contribution in [2.24, 2.45) is 4.99 Å². The Morgan fingerprint density at radius 1 is 1.24 bits per heavy atom. The Bertz CT molecular complexity index is 731. The topological polar surface area (TPSA) is 37.7 Å². The Labute approximate surface area is 159 Å². The first-order valence-electron chi connectivity index (χ1n) is 8.65. The molecule has 0 amide bonds. The van der Waals surface area contributed by atoms with Gasteiger partial charge in [-0.1, -0.05) is 37.6 Å². The normalized spacial score (nSPS) is 11.1. The van der Waals surface area contributed by atoms with Gasteiger partial charge in [0, 0.05) is 13.6 Å². The lowest BCUT2D eigenvalue weighted by molar-refractivity contribution is 0.291. The van der Waals surface area contributed by atoms with Gasteiger partial charge in [0.1, 0.15) is 6.61 Å². The summed E-state index contributed by atoms with van der Waals surface area (Å²) in [5.74, 6) is 0.598. The molecule has 0 atom stereocenters. The van der Waals surface area contributed by atoms with Crippen LogP contribution in [-0.2, 0) is 13.0 Å². The van der Waals surface area contributed by atoms with Crippen molar-refractivity contribution in [2.75, 3.05) is 13.6 Å². The fourth-order valence-corrected chi connectivity index (χ4v) is 2.76. The highest BCUT2D eigenvalue weighted by Crippen LogP contribution is 2.30. The maximum atomic E-state index is 5.92. The molecule has 4 nitrogen and oxygen atoms in total. The number of benzene rings is 1. The van der Waals surface area contributed by atoms with E-state index < -0.39 is 0 Å². The number of hydrogen-bond acceptors (Lipinski definition) is 3. The van der Waals surface area contributed by atoms with Gasteiger partial charge in [0.25, 0.3) is 0 Å². The van der Waals surface area contributed by atoms with E-state index in [1.807, 2.05) is 31.3 Å². The molecule has 0 spiro atoms. The Kier molecular flexibility index (Phi) is 7.44. The molecule has 0 aliphatic heterocycles. The molecular formula is C20H26BrN3O. The molecule has 1 aromatic carbocycles. The van der Waals surface area contributed by atoms with Gasteiger partial charge in [-0.05, 0) is 53.4 Å². The second-order valence-electron chi connectivity index (χ2n) is 6.06. The molecular weight excluding hydrogens is 378 g/mol. The van der Waals surface area contributed by atoms with Crippen LogP contribution in [0.15, 0.2) is 39.8 Å². The van der Waals surface area contributed by atoms with Crippen LogP contribution in [0, 0.1) is 6.92 Å². The minimum atomic E-state index is 0.504. The average molecular weight is 404 g/mol. The van der Waals surface area contributed by atoms with E-state index in [0.29, 0.717) is 12.5 Å². The smallest absolute Gasteiger partial charge is 0.228 e. The van der Waals surface area contributed by atoms with Crippen molar-refractivity contribution in [3.05, 3.63) is 51.6 Å². The molecule has 0 radical (unpaired) electrons. The molecule has 0 aliphatic carbocycles. The number of halogens is 1. The SMILES string of the molecule is CCCc1cccc(COc2nc(C)c(/N=C/N(C)CC)cc2Br)c1. The van der Waals surface area contributed by atoms with Crippen LogP contribution >= 0.6 is 15.9 Å².